The van der Waals surface area contributed by atoms with E-state index in [4.69, 9.17) is 9.47 Å². The molecule has 0 fully saturated rings. The van der Waals surface area contributed by atoms with Gasteiger partial charge in [-0.2, -0.15) is 0 Å². The lowest BCUT2D eigenvalue weighted by atomic mass is 9.33. The fraction of sp³-hybridized carbons (Fsp3) is 0. The Kier molecular flexibility index (Phi) is 9.48. The Labute approximate surface area is 456 Å². The van der Waals surface area contributed by atoms with Gasteiger partial charge in [-0.3, -0.25) is 0 Å². The number of nitrogens with zero attached hydrogens (tertiary/aromatic N) is 2. The van der Waals surface area contributed by atoms with Crippen LogP contribution in [0.5, 0.6) is 23.0 Å². The van der Waals surface area contributed by atoms with Gasteiger partial charge in [-0.15, -0.1) is 0 Å². The van der Waals surface area contributed by atoms with Gasteiger partial charge < -0.3 is 19.3 Å². The Bertz CT molecular complexity index is 4670. The zero-order chi connectivity index (χ0) is 51.7. The van der Waals surface area contributed by atoms with Gasteiger partial charge in [-0.05, 0) is 147 Å². The van der Waals surface area contributed by atoms with Crippen molar-refractivity contribution in [3.05, 3.63) is 273 Å². The SMILES string of the molecule is c1ccc(N(c2ccc3c4ccccc4c4ccccc4c3c2)c2cc3c(c4ccccc24)B2c4c(cccc4Oc4cc(N(c5ccccc5)c5ccc6c7ccccc7c7ccccc7c6c5)c5ccccc5c42)O3)cc1. The fourth-order valence-electron chi connectivity index (χ4n) is 13.6. The highest BCUT2D eigenvalue weighted by Crippen LogP contribution is 2.49. The molecule has 0 radical (unpaired) electrons. The number of benzene rings is 15. The third-order valence-electron chi connectivity index (χ3n) is 16.9. The summed E-state index contributed by atoms with van der Waals surface area (Å²) in [5.41, 5.74) is 9.60. The summed E-state index contributed by atoms with van der Waals surface area (Å²) in [5, 5.41) is 19.4. The maximum Gasteiger partial charge on any atom is 0.262 e. The lowest BCUT2D eigenvalue weighted by molar-refractivity contribution is 0.465. The van der Waals surface area contributed by atoms with E-state index in [0.29, 0.717) is 0 Å². The molecule has 4 nitrogen and oxygen atoms in total. The molecule has 366 valence electrons. The summed E-state index contributed by atoms with van der Waals surface area (Å²) in [6.07, 6.45) is 0. The molecule has 2 aliphatic heterocycles. The minimum Gasteiger partial charge on any atom is -0.458 e. The summed E-state index contributed by atoms with van der Waals surface area (Å²) < 4.78 is 14.5. The largest absolute Gasteiger partial charge is 0.458 e. The standard InChI is InChI=1S/C74H45BN2O2/c1-3-20-46(21-4-1)76(48-38-40-58-54-28-9-7-24-50(54)52-26-11-13-30-56(52)64(58)42-48)66-44-70-72(62-34-17-15-32-60(62)66)75-73-63-35-18-16-33-61(63)67(45-71(73)79-69-37-19-36-68(78-70)74(69)75)77(47-22-5-2-6-23-47)49-39-41-59-55-29-10-8-25-51(55)53-27-12-14-31-57(53)65(59)43-49/h1-45H. The van der Waals surface area contributed by atoms with Crippen LogP contribution in [-0.4, -0.2) is 6.71 Å². The molecule has 0 bridgehead atoms. The summed E-state index contributed by atoms with van der Waals surface area (Å²) in [6, 6.07) is 99.3. The van der Waals surface area contributed by atoms with Crippen molar-refractivity contribution < 1.29 is 9.47 Å². The van der Waals surface area contributed by atoms with Crippen LogP contribution in [0.2, 0.25) is 0 Å². The molecule has 0 spiro atoms. The second-order valence-corrected chi connectivity index (χ2v) is 21.0. The number of rotatable bonds is 6. The Hall–Kier alpha value is -10.4. The second-order valence-electron chi connectivity index (χ2n) is 21.0. The molecule has 2 heterocycles. The molecular weight excluding hydrogens is 960 g/mol. The van der Waals surface area contributed by atoms with E-state index in [9.17, 15) is 0 Å². The monoisotopic (exact) mass is 1000 g/mol. The molecule has 0 aliphatic carbocycles. The van der Waals surface area contributed by atoms with Crippen molar-refractivity contribution in [1.82, 2.24) is 0 Å². The van der Waals surface area contributed by atoms with Gasteiger partial charge in [0.05, 0.1) is 11.4 Å². The summed E-state index contributed by atoms with van der Waals surface area (Å²) in [4.78, 5) is 4.83. The Morgan fingerprint density at radius 2 is 0.506 bits per heavy atom. The van der Waals surface area contributed by atoms with Gasteiger partial charge in [0, 0.05) is 51.1 Å². The van der Waals surface area contributed by atoms with Crippen LogP contribution in [0.4, 0.5) is 34.1 Å². The van der Waals surface area contributed by atoms with Crippen LogP contribution in [0.15, 0.2) is 273 Å². The zero-order valence-electron chi connectivity index (χ0n) is 42.8. The van der Waals surface area contributed by atoms with Crippen LogP contribution in [0.25, 0.3) is 86.2 Å². The number of hydrogen-bond donors (Lipinski definition) is 0. The normalized spacial score (nSPS) is 12.5. The molecule has 0 saturated heterocycles. The van der Waals surface area contributed by atoms with Crippen LogP contribution in [-0.2, 0) is 0 Å². The van der Waals surface area contributed by atoms with Crippen LogP contribution >= 0.6 is 0 Å². The minimum absolute atomic E-state index is 0.215. The van der Waals surface area contributed by atoms with Gasteiger partial charge in [-0.1, -0.05) is 200 Å². The molecule has 79 heavy (non-hydrogen) atoms. The van der Waals surface area contributed by atoms with E-state index < -0.39 is 0 Å². The third-order valence-corrected chi connectivity index (χ3v) is 16.9. The second kappa shape index (κ2) is 17.1. The fourth-order valence-corrected chi connectivity index (χ4v) is 13.6. The molecule has 0 N–H and O–H groups in total. The summed E-state index contributed by atoms with van der Waals surface area (Å²) in [7, 11) is 0. The zero-order valence-corrected chi connectivity index (χ0v) is 42.8. The first-order valence-electron chi connectivity index (χ1n) is 27.2. The van der Waals surface area contributed by atoms with E-state index in [0.717, 1.165) is 95.1 Å². The van der Waals surface area contributed by atoms with E-state index in [1.807, 2.05) is 0 Å². The van der Waals surface area contributed by atoms with Gasteiger partial charge in [0.25, 0.3) is 6.71 Å². The smallest absolute Gasteiger partial charge is 0.262 e. The predicted molar refractivity (Wildman–Crippen MR) is 334 cm³/mol. The maximum absolute atomic E-state index is 7.25. The molecular formula is C74H45BN2O2. The highest BCUT2D eigenvalue weighted by atomic mass is 16.5. The summed E-state index contributed by atoms with van der Waals surface area (Å²) in [5.74, 6) is 3.24. The first kappa shape index (κ1) is 43.8. The first-order valence-corrected chi connectivity index (χ1v) is 27.2. The molecule has 17 rings (SSSR count). The topological polar surface area (TPSA) is 24.9 Å². The number of fused-ring (bicyclic) bond motifs is 20. The van der Waals surface area contributed by atoms with Crippen molar-refractivity contribution in [2.45, 2.75) is 0 Å². The van der Waals surface area contributed by atoms with E-state index in [1.165, 1.54) is 64.6 Å². The number of anilines is 6. The highest BCUT2D eigenvalue weighted by molar-refractivity contribution is 7.01. The lowest BCUT2D eigenvalue weighted by Crippen LogP contribution is -2.58. The van der Waals surface area contributed by atoms with Gasteiger partial charge in [0.15, 0.2) is 0 Å². The van der Waals surface area contributed by atoms with E-state index in [2.05, 4.69) is 283 Å². The average Bonchev–Trinajstić information content (AvgIpc) is 3.56. The minimum atomic E-state index is -0.215. The first-order chi connectivity index (χ1) is 39.2. The predicted octanol–water partition coefficient (Wildman–Crippen LogP) is 18.6. The van der Waals surface area contributed by atoms with Gasteiger partial charge in [0.1, 0.15) is 23.0 Å². The van der Waals surface area contributed by atoms with E-state index in [1.54, 1.807) is 0 Å². The van der Waals surface area contributed by atoms with Crippen LogP contribution in [0.1, 0.15) is 0 Å². The van der Waals surface area contributed by atoms with Crippen molar-refractivity contribution in [3.63, 3.8) is 0 Å². The summed E-state index contributed by atoms with van der Waals surface area (Å²) in [6.45, 7) is -0.215. The Morgan fingerprint density at radius 1 is 0.203 bits per heavy atom. The van der Waals surface area contributed by atoms with Gasteiger partial charge >= 0.3 is 0 Å². The molecule has 5 heteroatoms. The summed E-state index contributed by atoms with van der Waals surface area (Å²) >= 11 is 0. The molecule has 0 atom stereocenters. The molecule has 2 aliphatic rings. The van der Waals surface area contributed by atoms with Gasteiger partial charge in [-0.25, -0.2) is 0 Å². The Morgan fingerprint density at radius 3 is 0.873 bits per heavy atom. The van der Waals surface area contributed by atoms with Crippen molar-refractivity contribution >= 4 is 143 Å². The van der Waals surface area contributed by atoms with Crippen LogP contribution in [0.3, 0.4) is 0 Å². The highest BCUT2D eigenvalue weighted by Gasteiger charge is 2.43. The van der Waals surface area contributed by atoms with Gasteiger partial charge in [0.2, 0.25) is 0 Å². The average molecular weight is 1000 g/mol. The molecule has 0 amide bonds. The lowest BCUT2D eigenvalue weighted by Gasteiger charge is -2.37. The van der Waals surface area contributed by atoms with E-state index >= 15 is 0 Å². The molecule has 15 aromatic carbocycles. The third kappa shape index (κ3) is 6.51. The number of ether oxygens (including phenoxy) is 2. The molecule has 15 aromatic rings. The van der Waals surface area contributed by atoms with Crippen molar-refractivity contribution in [2.24, 2.45) is 0 Å². The maximum atomic E-state index is 7.25. The van der Waals surface area contributed by atoms with Crippen LogP contribution in [0, 0.1) is 0 Å². The molecule has 0 saturated carbocycles. The molecule has 0 unspecified atom stereocenters. The number of hydrogen-bond acceptors (Lipinski definition) is 4. The van der Waals surface area contributed by atoms with Crippen LogP contribution < -0.4 is 35.7 Å². The quantitative estimate of drug-likeness (QED) is 0.122. The Balaban J connectivity index is 0.891. The van der Waals surface area contributed by atoms with Crippen molar-refractivity contribution in [3.8, 4) is 23.0 Å². The van der Waals surface area contributed by atoms with E-state index in [-0.39, 0.29) is 6.71 Å². The van der Waals surface area contributed by atoms with Crippen molar-refractivity contribution in [2.75, 3.05) is 9.80 Å². The van der Waals surface area contributed by atoms with Crippen molar-refractivity contribution in [1.29, 1.82) is 0 Å². The number of para-hydroxylation sites is 2. The molecule has 0 aromatic heterocycles.